The molecule has 2 aliphatic rings. The molecule has 0 spiro atoms. The minimum absolute atomic E-state index is 0.254. The molecule has 2 aliphatic heterocycles. The van der Waals surface area contributed by atoms with Gasteiger partial charge in [0.1, 0.15) is 0 Å². The van der Waals surface area contributed by atoms with Gasteiger partial charge in [-0.1, -0.05) is 23.7 Å². The molecule has 6 heteroatoms. The highest BCUT2D eigenvalue weighted by atomic mass is 35.5. The molecule has 0 bridgehead atoms. The fourth-order valence-electron chi connectivity index (χ4n) is 3.80. The van der Waals surface area contributed by atoms with Gasteiger partial charge in [0.15, 0.2) is 0 Å². The molecule has 2 fully saturated rings. The second kappa shape index (κ2) is 7.72. The van der Waals surface area contributed by atoms with E-state index in [1.165, 1.54) is 0 Å². The molecule has 2 saturated heterocycles. The quantitative estimate of drug-likeness (QED) is 0.901. The van der Waals surface area contributed by atoms with E-state index in [-0.39, 0.29) is 11.3 Å². The number of carbonyl (C=O) groups is 1. The molecule has 5 nitrogen and oxygen atoms in total. The van der Waals surface area contributed by atoms with Crippen molar-refractivity contribution in [3.05, 3.63) is 29.3 Å². The van der Waals surface area contributed by atoms with E-state index in [2.05, 4.69) is 10.2 Å². The summed E-state index contributed by atoms with van der Waals surface area (Å²) >= 11 is 6.30. The van der Waals surface area contributed by atoms with Gasteiger partial charge in [0.05, 0.1) is 22.7 Å². The highest BCUT2D eigenvalue weighted by molar-refractivity contribution is 6.33. The zero-order chi connectivity index (χ0) is 17.0. The Morgan fingerprint density at radius 2 is 1.88 bits per heavy atom. The van der Waals surface area contributed by atoms with Gasteiger partial charge in [-0.05, 0) is 38.1 Å². The first-order valence-corrected chi connectivity index (χ1v) is 9.03. The summed E-state index contributed by atoms with van der Waals surface area (Å²) in [6.07, 6.45) is 1.70. The topological polar surface area (TPSA) is 44.8 Å². The largest absolute Gasteiger partial charge is 0.384 e. The van der Waals surface area contributed by atoms with E-state index in [0.29, 0.717) is 6.61 Å². The number of rotatable bonds is 4. The average Bonchev–Trinajstić information content (AvgIpc) is 2.63. The highest BCUT2D eigenvalue weighted by Crippen LogP contribution is 2.33. The number of hydrogen-bond acceptors (Lipinski definition) is 4. The van der Waals surface area contributed by atoms with E-state index < -0.39 is 0 Å². The van der Waals surface area contributed by atoms with Gasteiger partial charge in [-0.15, -0.1) is 0 Å². The molecular formula is C18H26ClN3O2. The lowest BCUT2D eigenvalue weighted by molar-refractivity contribution is -0.147. The van der Waals surface area contributed by atoms with Crippen LogP contribution in [0.15, 0.2) is 24.3 Å². The van der Waals surface area contributed by atoms with Gasteiger partial charge < -0.3 is 19.9 Å². The first-order chi connectivity index (χ1) is 11.7. The normalized spacial score (nSPS) is 20.9. The molecule has 0 aliphatic carbocycles. The lowest BCUT2D eigenvalue weighted by atomic mass is 9.78. The van der Waals surface area contributed by atoms with Gasteiger partial charge >= 0.3 is 0 Å². The van der Waals surface area contributed by atoms with Crippen LogP contribution >= 0.6 is 11.6 Å². The number of nitrogens with one attached hydrogen (secondary N) is 1. The van der Waals surface area contributed by atoms with Crippen molar-refractivity contribution in [1.82, 2.24) is 10.2 Å². The fraction of sp³-hybridized carbons (Fsp3) is 0.611. The van der Waals surface area contributed by atoms with Crippen molar-refractivity contribution in [2.24, 2.45) is 5.41 Å². The average molecular weight is 352 g/mol. The summed E-state index contributed by atoms with van der Waals surface area (Å²) in [5.41, 5.74) is 0.701. The number of piperidine rings is 1. The van der Waals surface area contributed by atoms with E-state index in [4.69, 9.17) is 16.3 Å². The van der Waals surface area contributed by atoms with E-state index in [1.807, 2.05) is 29.2 Å². The lowest BCUT2D eigenvalue weighted by Gasteiger charge is -2.43. The molecule has 1 amide bonds. The molecular weight excluding hydrogens is 326 g/mol. The first kappa shape index (κ1) is 17.5. The summed E-state index contributed by atoms with van der Waals surface area (Å²) in [5.74, 6) is 0.254. The summed E-state index contributed by atoms with van der Waals surface area (Å²) in [7, 11) is 1.69. The lowest BCUT2D eigenvalue weighted by Crippen LogP contribution is -2.56. The van der Waals surface area contributed by atoms with Crippen LogP contribution in [0.4, 0.5) is 5.69 Å². The van der Waals surface area contributed by atoms with Crippen LogP contribution in [0.25, 0.3) is 0 Å². The van der Waals surface area contributed by atoms with Gasteiger partial charge in [-0.25, -0.2) is 0 Å². The standard InChI is InChI=1S/C18H26ClN3O2/c1-24-14-18(6-8-20-9-7-18)17(23)22-12-10-21(11-13-22)16-5-3-2-4-15(16)19/h2-5,20H,6-14H2,1H3. The van der Waals surface area contributed by atoms with Crippen LogP contribution in [-0.4, -0.2) is 63.8 Å². The molecule has 0 atom stereocenters. The second-order valence-electron chi connectivity index (χ2n) is 6.69. The number of methoxy groups -OCH3 is 1. The van der Waals surface area contributed by atoms with Gasteiger partial charge in [-0.2, -0.15) is 0 Å². The number of carbonyl (C=O) groups excluding carboxylic acids is 1. The van der Waals surface area contributed by atoms with E-state index >= 15 is 0 Å². The van der Waals surface area contributed by atoms with Crippen LogP contribution in [0.5, 0.6) is 0 Å². The number of nitrogens with zero attached hydrogens (tertiary/aromatic N) is 2. The molecule has 0 radical (unpaired) electrons. The Balaban J connectivity index is 1.65. The number of benzene rings is 1. The van der Waals surface area contributed by atoms with Crippen molar-refractivity contribution in [3.8, 4) is 0 Å². The van der Waals surface area contributed by atoms with Crippen molar-refractivity contribution < 1.29 is 9.53 Å². The summed E-state index contributed by atoms with van der Waals surface area (Å²) in [6, 6.07) is 7.90. The fourth-order valence-corrected chi connectivity index (χ4v) is 4.05. The number of halogens is 1. The first-order valence-electron chi connectivity index (χ1n) is 8.65. The van der Waals surface area contributed by atoms with Crippen LogP contribution in [-0.2, 0) is 9.53 Å². The summed E-state index contributed by atoms with van der Waals surface area (Å²) < 4.78 is 5.40. The van der Waals surface area contributed by atoms with E-state index in [9.17, 15) is 4.79 Å². The Morgan fingerprint density at radius 1 is 1.21 bits per heavy atom. The van der Waals surface area contributed by atoms with Crippen LogP contribution < -0.4 is 10.2 Å². The van der Waals surface area contributed by atoms with Gasteiger partial charge in [0.25, 0.3) is 0 Å². The Hall–Kier alpha value is -1.30. The predicted molar refractivity (Wildman–Crippen MR) is 96.7 cm³/mol. The SMILES string of the molecule is COCC1(C(=O)N2CCN(c3ccccc3Cl)CC2)CCNCC1. The van der Waals surface area contributed by atoms with Crippen molar-refractivity contribution in [2.75, 3.05) is 57.9 Å². The molecule has 1 N–H and O–H groups in total. The minimum atomic E-state index is -0.355. The number of para-hydroxylation sites is 1. The molecule has 2 heterocycles. The van der Waals surface area contributed by atoms with Crippen LogP contribution in [0.2, 0.25) is 5.02 Å². The maximum atomic E-state index is 13.1. The number of ether oxygens (including phenoxy) is 1. The van der Waals surface area contributed by atoms with Crippen molar-refractivity contribution >= 4 is 23.2 Å². The molecule has 0 unspecified atom stereocenters. The monoisotopic (exact) mass is 351 g/mol. The van der Waals surface area contributed by atoms with Gasteiger partial charge in [0, 0.05) is 33.3 Å². The Morgan fingerprint density at radius 3 is 2.50 bits per heavy atom. The maximum absolute atomic E-state index is 13.1. The van der Waals surface area contributed by atoms with Crippen LogP contribution in [0.3, 0.4) is 0 Å². The third kappa shape index (κ3) is 3.53. The summed E-state index contributed by atoms with van der Waals surface area (Å²) in [4.78, 5) is 17.4. The number of anilines is 1. The molecule has 0 aromatic heterocycles. The van der Waals surface area contributed by atoms with Gasteiger partial charge in [-0.3, -0.25) is 4.79 Å². The zero-order valence-corrected chi connectivity index (χ0v) is 15.0. The summed E-state index contributed by atoms with van der Waals surface area (Å²) in [6.45, 7) is 5.39. The molecule has 24 heavy (non-hydrogen) atoms. The Bertz CT molecular complexity index is 562. The molecule has 132 valence electrons. The number of amides is 1. The minimum Gasteiger partial charge on any atom is -0.384 e. The van der Waals surface area contributed by atoms with Crippen molar-refractivity contribution in [2.45, 2.75) is 12.8 Å². The van der Waals surface area contributed by atoms with Crippen molar-refractivity contribution in [3.63, 3.8) is 0 Å². The van der Waals surface area contributed by atoms with Crippen molar-refractivity contribution in [1.29, 1.82) is 0 Å². The van der Waals surface area contributed by atoms with Gasteiger partial charge in [0.2, 0.25) is 5.91 Å². The zero-order valence-electron chi connectivity index (χ0n) is 14.3. The molecule has 1 aromatic carbocycles. The molecule has 3 rings (SSSR count). The summed E-state index contributed by atoms with van der Waals surface area (Å²) in [5, 5.41) is 4.11. The Kier molecular flexibility index (Phi) is 5.64. The van der Waals surface area contributed by atoms with E-state index in [1.54, 1.807) is 7.11 Å². The third-order valence-electron chi connectivity index (χ3n) is 5.19. The third-order valence-corrected chi connectivity index (χ3v) is 5.51. The predicted octanol–water partition coefficient (Wildman–Crippen LogP) is 2.00. The maximum Gasteiger partial charge on any atom is 0.231 e. The molecule has 1 aromatic rings. The smallest absolute Gasteiger partial charge is 0.231 e. The second-order valence-corrected chi connectivity index (χ2v) is 7.10. The molecule has 0 saturated carbocycles. The highest BCUT2D eigenvalue weighted by Gasteiger charge is 2.42. The number of hydrogen-bond donors (Lipinski definition) is 1. The van der Waals surface area contributed by atoms with E-state index in [0.717, 1.165) is 62.8 Å². The Labute approximate surface area is 148 Å². The number of piperazine rings is 1. The van der Waals surface area contributed by atoms with Crippen LogP contribution in [0, 0.1) is 5.41 Å². The van der Waals surface area contributed by atoms with Crippen LogP contribution in [0.1, 0.15) is 12.8 Å².